The predicted octanol–water partition coefficient (Wildman–Crippen LogP) is 2.74. The van der Waals surface area contributed by atoms with Gasteiger partial charge in [0, 0.05) is 23.5 Å². The maximum Gasteiger partial charge on any atom is 0.225 e. The minimum Gasteiger partial charge on any atom is -0.399 e. The molecule has 0 aliphatic rings. The second-order valence-electron chi connectivity index (χ2n) is 3.84. The van der Waals surface area contributed by atoms with Crippen LogP contribution in [-0.4, -0.2) is 16.9 Å². The van der Waals surface area contributed by atoms with Crippen molar-refractivity contribution in [2.45, 2.75) is 25.5 Å². The first-order valence-corrected chi connectivity index (χ1v) is 6.40. The number of anilines is 2. The van der Waals surface area contributed by atoms with Crippen molar-refractivity contribution in [1.29, 1.82) is 0 Å². The molecule has 0 unspecified atom stereocenters. The molecule has 1 aromatic rings. The molecule has 0 aliphatic heterocycles. The molecule has 0 radical (unpaired) electrons. The van der Waals surface area contributed by atoms with Gasteiger partial charge in [-0.15, -0.1) is 0 Å². The molecule has 0 aliphatic carbocycles. The number of nitrogens with one attached hydrogen (secondary N) is 1. The van der Waals surface area contributed by atoms with Crippen LogP contribution in [0.1, 0.15) is 20.3 Å². The van der Waals surface area contributed by atoms with Gasteiger partial charge in [-0.3, -0.25) is 4.79 Å². The van der Waals surface area contributed by atoms with Crippen LogP contribution in [0.15, 0.2) is 24.3 Å². The van der Waals surface area contributed by atoms with Crippen LogP contribution in [0, 0.1) is 0 Å². The number of hydrogen-bond acceptors (Lipinski definition) is 3. The summed E-state index contributed by atoms with van der Waals surface area (Å²) >= 11 is 1.79. The minimum absolute atomic E-state index is 0.0536. The molecule has 1 aromatic carbocycles. The molecule has 0 aromatic heterocycles. The molecule has 0 atom stereocenters. The van der Waals surface area contributed by atoms with Crippen molar-refractivity contribution in [2.75, 3.05) is 16.8 Å². The van der Waals surface area contributed by atoms with Crippen LogP contribution < -0.4 is 11.1 Å². The van der Waals surface area contributed by atoms with Crippen LogP contribution in [-0.2, 0) is 4.79 Å². The summed E-state index contributed by atoms with van der Waals surface area (Å²) in [6.45, 7) is 4.26. The molecule has 0 saturated heterocycles. The first-order chi connectivity index (χ1) is 7.58. The summed E-state index contributed by atoms with van der Waals surface area (Å²) in [4.78, 5) is 11.5. The van der Waals surface area contributed by atoms with E-state index < -0.39 is 0 Å². The van der Waals surface area contributed by atoms with Gasteiger partial charge in [0.25, 0.3) is 0 Å². The number of nitrogen functional groups attached to an aromatic ring is 1. The van der Waals surface area contributed by atoms with E-state index in [0.29, 0.717) is 17.4 Å². The third-order valence-corrected chi connectivity index (χ3v) is 3.08. The molecule has 1 rings (SSSR count). The lowest BCUT2D eigenvalue weighted by Crippen LogP contribution is -2.12. The van der Waals surface area contributed by atoms with Crippen LogP contribution in [0.4, 0.5) is 11.4 Å². The smallest absolute Gasteiger partial charge is 0.225 e. The number of rotatable bonds is 5. The molecule has 0 fully saturated rings. The largest absolute Gasteiger partial charge is 0.399 e. The molecular formula is C12H18N2OS. The summed E-state index contributed by atoms with van der Waals surface area (Å²) in [7, 11) is 0. The lowest BCUT2D eigenvalue weighted by atomic mass is 10.3. The summed E-state index contributed by atoms with van der Waals surface area (Å²) in [5.41, 5.74) is 7.06. The van der Waals surface area contributed by atoms with Gasteiger partial charge in [0.1, 0.15) is 0 Å². The minimum atomic E-state index is 0.0536. The molecule has 4 heteroatoms. The van der Waals surface area contributed by atoms with Gasteiger partial charge in [0.15, 0.2) is 0 Å². The Morgan fingerprint density at radius 1 is 1.38 bits per heavy atom. The molecule has 0 saturated carbocycles. The van der Waals surface area contributed by atoms with Crippen molar-refractivity contribution in [2.24, 2.45) is 0 Å². The van der Waals surface area contributed by atoms with E-state index in [1.165, 1.54) is 0 Å². The fourth-order valence-corrected chi connectivity index (χ4v) is 1.95. The SMILES string of the molecule is CC(C)SCCC(=O)Nc1ccc(N)cc1. The Bertz CT molecular complexity index is 335. The van der Waals surface area contributed by atoms with Crippen LogP contribution in [0.2, 0.25) is 0 Å². The number of carbonyl (C=O) groups is 1. The first-order valence-electron chi connectivity index (χ1n) is 5.35. The first kappa shape index (κ1) is 12.9. The Morgan fingerprint density at radius 3 is 2.56 bits per heavy atom. The third-order valence-electron chi connectivity index (χ3n) is 1.97. The molecule has 0 bridgehead atoms. The maximum atomic E-state index is 11.5. The van der Waals surface area contributed by atoms with Crippen molar-refractivity contribution in [1.82, 2.24) is 0 Å². The highest BCUT2D eigenvalue weighted by Gasteiger charge is 2.03. The van der Waals surface area contributed by atoms with Crippen LogP contribution in [0.3, 0.4) is 0 Å². The molecular weight excluding hydrogens is 220 g/mol. The van der Waals surface area contributed by atoms with E-state index in [0.717, 1.165) is 11.4 Å². The Balaban J connectivity index is 2.31. The average molecular weight is 238 g/mol. The standard InChI is InChI=1S/C12H18N2OS/c1-9(2)16-8-7-12(15)14-11-5-3-10(13)4-6-11/h3-6,9H,7-8,13H2,1-2H3,(H,14,15). The normalized spacial score (nSPS) is 10.4. The fourth-order valence-electron chi connectivity index (χ4n) is 1.18. The van der Waals surface area contributed by atoms with Gasteiger partial charge < -0.3 is 11.1 Å². The maximum absolute atomic E-state index is 11.5. The Morgan fingerprint density at radius 2 is 2.00 bits per heavy atom. The number of nitrogens with two attached hydrogens (primary N) is 1. The van der Waals surface area contributed by atoms with Crippen molar-refractivity contribution in [3.05, 3.63) is 24.3 Å². The van der Waals surface area contributed by atoms with Crippen LogP contribution >= 0.6 is 11.8 Å². The highest BCUT2D eigenvalue weighted by molar-refractivity contribution is 7.99. The van der Waals surface area contributed by atoms with Crippen LogP contribution in [0.25, 0.3) is 0 Å². The predicted molar refractivity (Wildman–Crippen MR) is 71.7 cm³/mol. The van der Waals surface area contributed by atoms with E-state index in [4.69, 9.17) is 5.73 Å². The van der Waals surface area contributed by atoms with E-state index in [1.807, 2.05) is 12.1 Å². The molecule has 16 heavy (non-hydrogen) atoms. The average Bonchev–Trinajstić information content (AvgIpc) is 2.21. The lowest BCUT2D eigenvalue weighted by molar-refractivity contribution is -0.115. The Hall–Kier alpha value is -1.16. The number of amides is 1. The van der Waals surface area contributed by atoms with Crippen molar-refractivity contribution in [3.63, 3.8) is 0 Å². The van der Waals surface area contributed by atoms with E-state index >= 15 is 0 Å². The second kappa shape index (κ2) is 6.43. The molecule has 3 nitrogen and oxygen atoms in total. The molecule has 1 amide bonds. The number of thioether (sulfide) groups is 1. The van der Waals surface area contributed by atoms with Crippen molar-refractivity contribution in [3.8, 4) is 0 Å². The Labute approximate surface area is 101 Å². The van der Waals surface area contributed by atoms with E-state index in [1.54, 1.807) is 23.9 Å². The van der Waals surface area contributed by atoms with Gasteiger partial charge in [0.2, 0.25) is 5.91 Å². The van der Waals surface area contributed by atoms with E-state index in [9.17, 15) is 4.79 Å². The monoisotopic (exact) mass is 238 g/mol. The highest BCUT2D eigenvalue weighted by atomic mass is 32.2. The topological polar surface area (TPSA) is 55.1 Å². The molecule has 0 heterocycles. The van der Waals surface area contributed by atoms with Gasteiger partial charge in [-0.1, -0.05) is 13.8 Å². The zero-order valence-corrected chi connectivity index (χ0v) is 10.5. The zero-order chi connectivity index (χ0) is 12.0. The highest BCUT2D eigenvalue weighted by Crippen LogP contribution is 2.13. The number of benzene rings is 1. The van der Waals surface area contributed by atoms with Gasteiger partial charge >= 0.3 is 0 Å². The second-order valence-corrected chi connectivity index (χ2v) is 5.52. The zero-order valence-electron chi connectivity index (χ0n) is 9.69. The molecule has 0 spiro atoms. The van der Waals surface area contributed by atoms with Gasteiger partial charge in [-0.25, -0.2) is 0 Å². The van der Waals surface area contributed by atoms with Crippen molar-refractivity contribution < 1.29 is 4.79 Å². The summed E-state index contributed by atoms with van der Waals surface area (Å²) < 4.78 is 0. The lowest BCUT2D eigenvalue weighted by Gasteiger charge is -2.06. The molecule has 3 N–H and O–H groups in total. The van der Waals surface area contributed by atoms with Crippen molar-refractivity contribution >= 4 is 29.0 Å². The fraction of sp³-hybridized carbons (Fsp3) is 0.417. The van der Waals surface area contributed by atoms with Gasteiger partial charge in [-0.2, -0.15) is 11.8 Å². The van der Waals surface area contributed by atoms with Crippen LogP contribution in [0.5, 0.6) is 0 Å². The summed E-state index contributed by atoms with van der Waals surface area (Å²) in [6, 6.07) is 7.17. The quantitative estimate of drug-likeness (QED) is 0.775. The Kier molecular flexibility index (Phi) is 5.19. The number of carbonyl (C=O) groups excluding carboxylic acids is 1. The van der Waals surface area contributed by atoms with E-state index in [2.05, 4.69) is 19.2 Å². The summed E-state index contributed by atoms with van der Waals surface area (Å²) in [5, 5.41) is 3.41. The van der Waals surface area contributed by atoms with Gasteiger partial charge in [-0.05, 0) is 29.5 Å². The summed E-state index contributed by atoms with van der Waals surface area (Å²) in [5.74, 6) is 0.913. The summed E-state index contributed by atoms with van der Waals surface area (Å²) in [6.07, 6.45) is 0.549. The van der Waals surface area contributed by atoms with E-state index in [-0.39, 0.29) is 5.91 Å². The third kappa shape index (κ3) is 5.07. The molecule has 88 valence electrons. The van der Waals surface area contributed by atoms with Gasteiger partial charge in [0.05, 0.1) is 0 Å². The number of hydrogen-bond donors (Lipinski definition) is 2.